The largest absolute Gasteiger partial charge is 0.433 e. The van der Waals surface area contributed by atoms with Gasteiger partial charge in [-0.05, 0) is 42.0 Å². The van der Waals surface area contributed by atoms with E-state index < -0.39 is 23.7 Å². The van der Waals surface area contributed by atoms with Crippen LogP contribution in [0, 0.1) is 11.3 Å². The van der Waals surface area contributed by atoms with Crippen molar-refractivity contribution in [3.8, 4) is 6.07 Å². The van der Waals surface area contributed by atoms with Crippen LogP contribution in [0.15, 0.2) is 59.2 Å². The molecule has 0 spiro atoms. The SMILES string of the molecule is CNC(=O)c1nn(Cc2ccc(C#N)cc2)cc1NC(=O)c1cc(C(F)(F)F)nc2ccc(Br)cc12. The minimum atomic E-state index is -4.77. The number of fused-ring (bicyclic) bond motifs is 1. The molecule has 2 aromatic heterocycles. The number of nitriles is 1. The van der Waals surface area contributed by atoms with E-state index in [4.69, 9.17) is 5.26 Å². The summed E-state index contributed by atoms with van der Waals surface area (Å²) in [6, 6.07) is 13.8. The van der Waals surface area contributed by atoms with Gasteiger partial charge < -0.3 is 10.6 Å². The van der Waals surface area contributed by atoms with Crippen LogP contribution in [0.5, 0.6) is 0 Å². The van der Waals surface area contributed by atoms with Crippen molar-refractivity contribution < 1.29 is 22.8 Å². The summed E-state index contributed by atoms with van der Waals surface area (Å²) in [6.45, 7) is 0.217. The molecule has 2 aromatic carbocycles. The second-order valence-electron chi connectivity index (χ2n) is 7.65. The van der Waals surface area contributed by atoms with Gasteiger partial charge >= 0.3 is 6.18 Å². The van der Waals surface area contributed by atoms with E-state index in [9.17, 15) is 22.8 Å². The van der Waals surface area contributed by atoms with Gasteiger partial charge in [-0.15, -0.1) is 0 Å². The summed E-state index contributed by atoms with van der Waals surface area (Å²) in [4.78, 5) is 29.2. The van der Waals surface area contributed by atoms with Gasteiger partial charge in [0.15, 0.2) is 5.69 Å². The third kappa shape index (κ3) is 5.21. The Morgan fingerprint density at radius 3 is 2.47 bits per heavy atom. The van der Waals surface area contributed by atoms with Gasteiger partial charge in [-0.2, -0.15) is 23.5 Å². The zero-order valence-electron chi connectivity index (χ0n) is 18.5. The molecular formula is C24H16BrF3N6O2. The molecular weight excluding hydrogens is 541 g/mol. The lowest BCUT2D eigenvalue weighted by atomic mass is 10.1. The summed E-state index contributed by atoms with van der Waals surface area (Å²) >= 11 is 3.26. The Balaban J connectivity index is 1.72. The van der Waals surface area contributed by atoms with E-state index in [0.717, 1.165) is 5.56 Å². The lowest BCUT2D eigenvalue weighted by Crippen LogP contribution is -2.22. The molecule has 0 radical (unpaired) electrons. The number of carbonyl (C=O) groups excluding carboxylic acids is 2. The Morgan fingerprint density at radius 1 is 1.11 bits per heavy atom. The third-order valence-electron chi connectivity index (χ3n) is 5.19. The van der Waals surface area contributed by atoms with Crippen LogP contribution in [0.1, 0.15) is 37.7 Å². The van der Waals surface area contributed by atoms with Crippen molar-refractivity contribution >= 4 is 44.3 Å². The number of anilines is 1. The van der Waals surface area contributed by atoms with E-state index in [1.807, 2.05) is 6.07 Å². The van der Waals surface area contributed by atoms with Gasteiger partial charge in [-0.3, -0.25) is 14.3 Å². The topological polar surface area (TPSA) is 113 Å². The fourth-order valence-electron chi connectivity index (χ4n) is 3.47. The summed E-state index contributed by atoms with van der Waals surface area (Å²) in [6.07, 6.45) is -3.36. The lowest BCUT2D eigenvalue weighted by molar-refractivity contribution is -0.140. The highest BCUT2D eigenvalue weighted by Crippen LogP contribution is 2.32. The smallest absolute Gasteiger partial charge is 0.354 e. The van der Waals surface area contributed by atoms with Crippen LogP contribution in [0.25, 0.3) is 10.9 Å². The summed E-state index contributed by atoms with van der Waals surface area (Å²) in [5.41, 5.74) is -0.343. The highest BCUT2D eigenvalue weighted by atomic mass is 79.9. The van der Waals surface area contributed by atoms with Crippen molar-refractivity contribution in [3.05, 3.63) is 87.3 Å². The highest BCUT2D eigenvalue weighted by Gasteiger charge is 2.34. The number of halogens is 4. The van der Waals surface area contributed by atoms with Crippen LogP contribution < -0.4 is 10.6 Å². The number of nitrogens with zero attached hydrogens (tertiary/aromatic N) is 4. The van der Waals surface area contributed by atoms with Crippen molar-refractivity contribution in [2.45, 2.75) is 12.7 Å². The van der Waals surface area contributed by atoms with E-state index in [2.05, 4.69) is 36.6 Å². The van der Waals surface area contributed by atoms with Gasteiger partial charge in [0.25, 0.3) is 11.8 Å². The average molecular weight is 557 g/mol. The normalized spacial score (nSPS) is 11.2. The number of hydrogen-bond acceptors (Lipinski definition) is 5. The Bertz CT molecular complexity index is 1520. The number of hydrogen-bond donors (Lipinski definition) is 2. The van der Waals surface area contributed by atoms with Crippen molar-refractivity contribution in [1.82, 2.24) is 20.1 Å². The van der Waals surface area contributed by atoms with Crippen LogP contribution in [0.4, 0.5) is 18.9 Å². The number of carbonyl (C=O) groups is 2. The van der Waals surface area contributed by atoms with E-state index in [0.29, 0.717) is 16.1 Å². The number of alkyl halides is 3. The number of pyridine rings is 1. The minimum absolute atomic E-state index is 0.0128. The zero-order chi connectivity index (χ0) is 26.0. The van der Waals surface area contributed by atoms with Crippen molar-refractivity contribution in [2.24, 2.45) is 0 Å². The molecule has 182 valence electrons. The maximum absolute atomic E-state index is 13.5. The molecule has 0 aliphatic rings. The molecule has 4 aromatic rings. The molecule has 0 saturated carbocycles. The van der Waals surface area contributed by atoms with Crippen LogP contribution in [-0.4, -0.2) is 33.6 Å². The van der Waals surface area contributed by atoms with Crippen LogP contribution >= 0.6 is 15.9 Å². The molecule has 0 fully saturated rings. The van der Waals surface area contributed by atoms with Gasteiger partial charge in [0.05, 0.1) is 34.9 Å². The molecule has 12 heteroatoms. The number of benzene rings is 2. The Morgan fingerprint density at radius 2 is 1.83 bits per heavy atom. The Kier molecular flexibility index (Phi) is 6.76. The maximum Gasteiger partial charge on any atom is 0.433 e. The maximum atomic E-state index is 13.5. The van der Waals surface area contributed by atoms with E-state index in [1.54, 1.807) is 24.3 Å². The molecule has 0 aliphatic heterocycles. The van der Waals surface area contributed by atoms with Gasteiger partial charge in [0.1, 0.15) is 5.69 Å². The molecule has 8 nitrogen and oxygen atoms in total. The van der Waals surface area contributed by atoms with Crippen LogP contribution in [-0.2, 0) is 12.7 Å². The lowest BCUT2D eigenvalue weighted by Gasteiger charge is -2.12. The van der Waals surface area contributed by atoms with Gasteiger partial charge in [-0.1, -0.05) is 28.1 Å². The zero-order valence-corrected chi connectivity index (χ0v) is 20.1. The molecule has 2 N–H and O–H groups in total. The molecule has 0 saturated heterocycles. The monoisotopic (exact) mass is 556 g/mol. The predicted molar refractivity (Wildman–Crippen MR) is 128 cm³/mol. The van der Waals surface area contributed by atoms with Gasteiger partial charge in [0, 0.05) is 23.1 Å². The molecule has 0 bridgehead atoms. The van der Waals surface area contributed by atoms with E-state index in [1.165, 1.54) is 36.1 Å². The Labute approximate surface area is 210 Å². The molecule has 0 aliphatic carbocycles. The van der Waals surface area contributed by atoms with Crippen molar-refractivity contribution in [1.29, 1.82) is 5.26 Å². The van der Waals surface area contributed by atoms with Crippen LogP contribution in [0.3, 0.4) is 0 Å². The summed E-state index contributed by atoms with van der Waals surface area (Å²) in [7, 11) is 1.39. The molecule has 4 rings (SSSR count). The van der Waals surface area contributed by atoms with Crippen molar-refractivity contribution in [3.63, 3.8) is 0 Å². The molecule has 2 amide bonds. The van der Waals surface area contributed by atoms with E-state index in [-0.39, 0.29) is 34.4 Å². The predicted octanol–water partition coefficient (Wildman–Crippen LogP) is 4.74. The third-order valence-corrected chi connectivity index (χ3v) is 5.68. The first-order valence-electron chi connectivity index (χ1n) is 10.4. The Hall–Kier alpha value is -4.24. The molecule has 0 unspecified atom stereocenters. The second-order valence-corrected chi connectivity index (χ2v) is 8.56. The molecule has 0 atom stereocenters. The number of amides is 2. The fraction of sp³-hybridized carbons (Fsp3) is 0.125. The summed E-state index contributed by atoms with van der Waals surface area (Å²) < 4.78 is 42.3. The average Bonchev–Trinajstić information content (AvgIpc) is 3.24. The first-order chi connectivity index (χ1) is 17.1. The molecule has 2 heterocycles. The summed E-state index contributed by atoms with van der Waals surface area (Å²) in [5, 5.41) is 18.3. The first kappa shape index (κ1) is 24.9. The molecule has 36 heavy (non-hydrogen) atoms. The van der Waals surface area contributed by atoms with Crippen molar-refractivity contribution in [2.75, 3.05) is 12.4 Å². The van der Waals surface area contributed by atoms with Crippen LogP contribution in [0.2, 0.25) is 0 Å². The first-order valence-corrected chi connectivity index (χ1v) is 11.2. The second kappa shape index (κ2) is 9.79. The quantitative estimate of drug-likeness (QED) is 0.368. The highest BCUT2D eigenvalue weighted by molar-refractivity contribution is 9.10. The summed E-state index contributed by atoms with van der Waals surface area (Å²) in [5.74, 6) is -1.46. The fourth-order valence-corrected chi connectivity index (χ4v) is 3.83. The van der Waals surface area contributed by atoms with Gasteiger partial charge in [0.2, 0.25) is 0 Å². The van der Waals surface area contributed by atoms with E-state index >= 15 is 0 Å². The number of rotatable bonds is 5. The minimum Gasteiger partial charge on any atom is -0.354 e. The van der Waals surface area contributed by atoms with Gasteiger partial charge in [-0.25, -0.2) is 4.98 Å². The number of nitrogens with one attached hydrogen (secondary N) is 2. The standard InChI is InChI=1S/C24H16BrF3N6O2/c1-30-23(36)21-19(12-34(33-21)11-14-4-2-13(10-29)3-5-14)32-22(35)17-9-20(24(26,27)28)31-18-7-6-15(25)8-16(17)18/h2-9,12H,11H2,1H3,(H,30,36)(H,32,35). The number of aromatic nitrogens is 3.